The molecule has 2 rings (SSSR count). The third-order valence-electron chi connectivity index (χ3n) is 11.5. The molecular weight excluding hydrogens is 608 g/mol. The average molecular weight is 679 g/mol. The van der Waals surface area contributed by atoms with Crippen LogP contribution in [0.3, 0.4) is 0 Å². The van der Waals surface area contributed by atoms with Gasteiger partial charge in [-0.2, -0.15) is 0 Å². The van der Waals surface area contributed by atoms with E-state index in [0.717, 1.165) is 51.4 Å². The Kier molecular flexibility index (Phi) is 16.8. The van der Waals surface area contributed by atoms with E-state index in [0.29, 0.717) is 31.1 Å². The molecule has 0 saturated carbocycles. The van der Waals surface area contributed by atoms with Crippen LogP contribution in [-0.4, -0.2) is 67.8 Å². The summed E-state index contributed by atoms with van der Waals surface area (Å²) in [5, 5.41) is 41.1. The van der Waals surface area contributed by atoms with Gasteiger partial charge < -0.3 is 29.9 Å². The first-order chi connectivity index (χ1) is 22.3. The van der Waals surface area contributed by atoms with E-state index >= 15 is 0 Å². The molecule has 2 aliphatic rings. The van der Waals surface area contributed by atoms with Gasteiger partial charge in [-0.25, -0.2) is 0 Å². The summed E-state index contributed by atoms with van der Waals surface area (Å²) in [6, 6.07) is 0. The monoisotopic (exact) mass is 679 g/mol. The van der Waals surface area contributed by atoms with Crippen LogP contribution in [0.15, 0.2) is 24.0 Å². The van der Waals surface area contributed by atoms with Gasteiger partial charge >= 0.3 is 5.97 Å². The first-order valence-electron chi connectivity index (χ1n) is 18.9. The summed E-state index contributed by atoms with van der Waals surface area (Å²) in [5.74, 6) is -0.484. The molecule has 0 aromatic heterocycles. The Hall–Kier alpha value is -1.74. The number of aliphatic hydroxyl groups excluding tert-OH is 3. The van der Waals surface area contributed by atoms with Crippen molar-refractivity contribution < 1.29 is 39.5 Å². The molecule has 8 heteroatoms. The van der Waals surface area contributed by atoms with Crippen LogP contribution in [0.1, 0.15) is 140 Å². The Morgan fingerprint density at radius 1 is 0.833 bits per heavy atom. The van der Waals surface area contributed by atoms with E-state index in [2.05, 4.69) is 39.8 Å². The highest BCUT2D eigenvalue weighted by Crippen LogP contribution is 2.45. The minimum atomic E-state index is -0.767. The third kappa shape index (κ3) is 12.9. The summed E-state index contributed by atoms with van der Waals surface area (Å²) >= 11 is 0. The molecule has 0 aliphatic carbocycles. The maximum absolute atomic E-state index is 13.1. The normalized spacial score (nSPS) is 30.8. The molecule has 0 amide bonds. The molecule has 0 aromatic rings. The van der Waals surface area contributed by atoms with Crippen LogP contribution in [0.5, 0.6) is 0 Å². The number of aliphatic hydroxyl groups is 3. The second-order valence-electron chi connectivity index (χ2n) is 16.5. The van der Waals surface area contributed by atoms with Gasteiger partial charge in [0, 0.05) is 30.3 Å². The first kappa shape index (κ1) is 42.4. The smallest absolute Gasteiger partial charge is 0.306 e. The molecule has 8 nitrogen and oxygen atoms in total. The minimum absolute atomic E-state index is 0.0193. The average Bonchev–Trinajstić information content (AvgIpc) is 3.59. The Labute approximate surface area is 291 Å². The van der Waals surface area contributed by atoms with Crippen LogP contribution >= 0.6 is 0 Å². The SMILES string of the molecule is CCC(CC(C)CC(C)CC(C)C(=O)O)C(=O)C=C(O)C(C)CC(C)CC=CC(C)C(O)CC1CCC(C)(C2CCC(C)(C(C)O)O2)O1. The summed E-state index contributed by atoms with van der Waals surface area (Å²) < 4.78 is 12.8. The lowest BCUT2D eigenvalue weighted by atomic mass is 9.83. The molecule has 0 radical (unpaired) electrons. The zero-order valence-electron chi connectivity index (χ0n) is 31.8. The summed E-state index contributed by atoms with van der Waals surface area (Å²) in [5.41, 5.74) is -0.928. The molecule has 13 unspecified atom stereocenters. The van der Waals surface area contributed by atoms with Crippen molar-refractivity contribution in [2.24, 2.45) is 41.4 Å². The van der Waals surface area contributed by atoms with Gasteiger partial charge in [-0.05, 0) is 103 Å². The number of hydrogen-bond acceptors (Lipinski definition) is 7. The summed E-state index contributed by atoms with van der Waals surface area (Å²) in [7, 11) is 0. The van der Waals surface area contributed by atoms with Crippen molar-refractivity contribution in [2.75, 3.05) is 0 Å². The van der Waals surface area contributed by atoms with Crippen LogP contribution in [0.2, 0.25) is 0 Å². The van der Waals surface area contributed by atoms with Crippen molar-refractivity contribution in [1.82, 2.24) is 0 Å². The van der Waals surface area contributed by atoms with Crippen LogP contribution < -0.4 is 0 Å². The fourth-order valence-corrected chi connectivity index (χ4v) is 7.86. The van der Waals surface area contributed by atoms with Crippen LogP contribution in [-0.2, 0) is 19.1 Å². The van der Waals surface area contributed by atoms with Crippen molar-refractivity contribution in [3.05, 3.63) is 24.0 Å². The topological polar surface area (TPSA) is 134 Å². The number of carbonyl (C=O) groups is 2. The maximum atomic E-state index is 13.1. The van der Waals surface area contributed by atoms with Crippen molar-refractivity contribution in [3.63, 3.8) is 0 Å². The number of ether oxygens (including phenoxy) is 2. The van der Waals surface area contributed by atoms with Gasteiger partial charge in [-0.1, -0.05) is 60.6 Å². The van der Waals surface area contributed by atoms with Crippen molar-refractivity contribution in [1.29, 1.82) is 0 Å². The van der Waals surface area contributed by atoms with Gasteiger partial charge in [0.25, 0.3) is 0 Å². The fourth-order valence-electron chi connectivity index (χ4n) is 7.86. The van der Waals surface area contributed by atoms with Gasteiger partial charge in [0.2, 0.25) is 0 Å². The highest BCUT2D eigenvalue weighted by molar-refractivity contribution is 5.92. The third-order valence-corrected chi connectivity index (χ3v) is 11.5. The Bertz CT molecular complexity index is 1070. The molecule has 2 aliphatic heterocycles. The predicted molar refractivity (Wildman–Crippen MR) is 192 cm³/mol. The second kappa shape index (κ2) is 19.0. The largest absolute Gasteiger partial charge is 0.512 e. The molecule has 2 heterocycles. The molecule has 0 spiro atoms. The number of hydrogen-bond donors (Lipinski definition) is 4. The molecule has 2 fully saturated rings. The van der Waals surface area contributed by atoms with Crippen molar-refractivity contribution in [2.45, 2.75) is 175 Å². The van der Waals surface area contributed by atoms with E-state index in [-0.39, 0.29) is 53.3 Å². The Morgan fingerprint density at radius 2 is 1.46 bits per heavy atom. The van der Waals surface area contributed by atoms with Gasteiger partial charge in [0.05, 0.1) is 47.3 Å². The quantitative estimate of drug-likeness (QED) is 0.0540. The molecule has 13 atom stereocenters. The molecule has 0 bridgehead atoms. The minimum Gasteiger partial charge on any atom is -0.512 e. The second-order valence-corrected chi connectivity index (χ2v) is 16.5. The van der Waals surface area contributed by atoms with E-state index in [1.165, 1.54) is 6.08 Å². The standard InChI is InChI=1S/C40H70O8/c1-11-32(22-27(4)19-26(3)21-30(7)38(45)46)36(44)24-35(43)29(6)20-25(2)13-12-14-28(5)34(42)23-33-15-17-40(10,47-33)37-16-18-39(9,48-37)31(8)41/h12,14,24-34,37,41-43H,11,13,15-23H2,1-10H3,(H,45,46). The highest BCUT2D eigenvalue weighted by Gasteiger charge is 2.51. The lowest BCUT2D eigenvalue weighted by Crippen LogP contribution is -2.44. The van der Waals surface area contributed by atoms with Gasteiger partial charge in [-0.15, -0.1) is 0 Å². The predicted octanol–water partition coefficient (Wildman–Crippen LogP) is 8.44. The van der Waals surface area contributed by atoms with Gasteiger partial charge in [-0.3, -0.25) is 9.59 Å². The Balaban J connectivity index is 1.78. The molecule has 2 saturated heterocycles. The van der Waals surface area contributed by atoms with E-state index < -0.39 is 29.4 Å². The lowest BCUT2D eigenvalue weighted by Gasteiger charge is -2.35. The zero-order chi connectivity index (χ0) is 36.4. The maximum Gasteiger partial charge on any atom is 0.306 e. The summed E-state index contributed by atoms with van der Waals surface area (Å²) in [6.45, 7) is 19.9. The van der Waals surface area contributed by atoms with Crippen molar-refractivity contribution >= 4 is 11.8 Å². The van der Waals surface area contributed by atoms with Gasteiger partial charge in [0.15, 0.2) is 5.78 Å². The lowest BCUT2D eigenvalue weighted by molar-refractivity contribution is -0.171. The van der Waals surface area contributed by atoms with Crippen LogP contribution in [0, 0.1) is 41.4 Å². The van der Waals surface area contributed by atoms with Crippen LogP contribution in [0.4, 0.5) is 0 Å². The summed E-state index contributed by atoms with van der Waals surface area (Å²) in [6.07, 6.45) is 13.0. The number of ketones is 1. The fraction of sp³-hybridized carbons (Fsp3) is 0.850. The van der Waals surface area contributed by atoms with Crippen LogP contribution in [0.25, 0.3) is 0 Å². The summed E-state index contributed by atoms with van der Waals surface area (Å²) in [4.78, 5) is 24.3. The van der Waals surface area contributed by atoms with E-state index in [4.69, 9.17) is 9.47 Å². The zero-order valence-corrected chi connectivity index (χ0v) is 31.8. The number of carboxylic acids is 1. The molecule has 48 heavy (non-hydrogen) atoms. The van der Waals surface area contributed by atoms with Crippen molar-refractivity contribution in [3.8, 4) is 0 Å². The number of carbonyl (C=O) groups excluding carboxylic acids is 1. The van der Waals surface area contributed by atoms with E-state index in [1.807, 2.05) is 27.7 Å². The van der Waals surface area contributed by atoms with Gasteiger partial charge in [0.1, 0.15) is 0 Å². The highest BCUT2D eigenvalue weighted by atomic mass is 16.6. The number of carboxylic acid groups (broad SMARTS) is 1. The number of rotatable bonds is 21. The molecular formula is C40H70O8. The van der Waals surface area contributed by atoms with E-state index in [1.54, 1.807) is 13.8 Å². The molecule has 278 valence electrons. The molecule has 0 aromatic carbocycles. The Morgan fingerprint density at radius 3 is 2.04 bits per heavy atom. The number of allylic oxidation sites excluding steroid dienone is 3. The first-order valence-corrected chi connectivity index (χ1v) is 18.9. The van der Waals surface area contributed by atoms with E-state index in [9.17, 15) is 30.0 Å². The number of aliphatic carboxylic acids is 1. The molecule has 4 N–H and O–H groups in total.